The number of hydrogen-bond donors (Lipinski definition) is 1. The van der Waals surface area contributed by atoms with Crippen LogP contribution in [0, 0.1) is 0 Å². The van der Waals surface area contributed by atoms with Crippen LogP contribution in [0.4, 0.5) is 5.95 Å². The molecule has 0 spiro atoms. The van der Waals surface area contributed by atoms with E-state index in [1.807, 2.05) is 12.1 Å². The van der Waals surface area contributed by atoms with Gasteiger partial charge >= 0.3 is 0 Å². The molecule has 0 atom stereocenters. The molecule has 0 amide bonds. The second kappa shape index (κ2) is 3.59. The quantitative estimate of drug-likeness (QED) is 0.847. The molecule has 0 aliphatic heterocycles. The van der Waals surface area contributed by atoms with E-state index in [1.165, 1.54) is 5.56 Å². The number of nitrogens with one attached hydrogen (secondary N) is 1. The van der Waals surface area contributed by atoms with Gasteiger partial charge in [0.05, 0.1) is 5.54 Å². The number of aromatic nitrogens is 2. The third kappa shape index (κ3) is 1.65. The van der Waals surface area contributed by atoms with Crippen molar-refractivity contribution < 1.29 is 0 Å². The Balaban J connectivity index is 1.86. The van der Waals surface area contributed by atoms with Crippen LogP contribution in [0.1, 0.15) is 18.4 Å². The van der Waals surface area contributed by atoms with Crippen LogP contribution in [0.5, 0.6) is 0 Å². The van der Waals surface area contributed by atoms with Gasteiger partial charge in [-0.05, 0) is 24.5 Å². The number of benzene rings is 1. The largest absolute Gasteiger partial charge is 0.345 e. The van der Waals surface area contributed by atoms with E-state index in [-0.39, 0.29) is 5.54 Å². The van der Waals surface area contributed by atoms with E-state index < -0.39 is 0 Å². The van der Waals surface area contributed by atoms with Gasteiger partial charge < -0.3 is 5.32 Å². The Labute approximate surface area is 94.6 Å². The maximum absolute atomic E-state index is 4.21. The lowest BCUT2D eigenvalue weighted by molar-refractivity contribution is 0.790. The summed E-state index contributed by atoms with van der Waals surface area (Å²) in [6.07, 6.45) is 5.82. The molecule has 1 aliphatic carbocycles. The molecule has 3 nitrogen and oxygen atoms in total. The third-order valence-corrected chi connectivity index (χ3v) is 2.99. The first kappa shape index (κ1) is 9.33. The molecule has 0 bridgehead atoms. The van der Waals surface area contributed by atoms with Crippen molar-refractivity contribution in [1.29, 1.82) is 0 Å². The molecule has 0 saturated heterocycles. The molecule has 1 saturated carbocycles. The highest BCUT2D eigenvalue weighted by Crippen LogP contribution is 2.47. The minimum Gasteiger partial charge on any atom is -0.345 e. The normalized spacial score (nSPS) is 16.8. The lowest BCUT2D eigenvalue weighted by Gasteiger charge is -2.17. The van der Waals surface area contributed by atoms with Gasteiger partial charge in [-0.15, -0.1) is 0 Å². The highest BCUT2D eigenvalue weighted by atomic mass is 15.2. The molecule has 80 valence electrons. The molecule has 3 rings (SSSR count). The van der Waals surface area contributed by atoms with Crippen LogP contribution < -0.4 is 5.32 Å². The summed E-state index contributed by atoms with van der Waals surface area (Å²) in [5.74, 6) is 0.712. The van der Waals surface area contributed by atoms with E-state index >= 15 is 0 Å². The van der Waals surface area contributed by atoms with Crippen LogP contribution >= 0.6 is 0 Å². The standard InChI is InChI=1S/C13H13N3/c1-2-5-11(6-3-1)13(7-8-13)16-12-14-9-4-10-15-12/h1-6,9-10H,7-8H2,(H,14,15,16). The minimum atomic E-state index is 0.0720. The molecule has 16 heavy (non-hydrogen) atoms. The van der Waals surface area contributed by atoms with Gasteiger partial charge in [0.1, 0.15) is 0 Å². The maximum Gasteiger partial charge on any atom is 0.223 e. The number of hydrogen-bond acceptors (Lipinski definition) is 3. The molecule has 1 heterocycles. The summed E-state index contributed by atoms with van der Waals surface area (Å²) in [7, 11) is 0. The highest BCUT2D eigenvalue weighted by molar-refractivity contribution is 5.41. The van der Waals surface area contributed by atoms with Crippen molar-refractivity contribution in [2.45, 2.75) is 18.4 Å². The molecule has 1 fully saturated rings. The van der Waals surface area contributed by atoms with Crippen molar-refractivity contribution in [3.8, 4) is 0 Å². The Hall–Kier alpha value is -1.90. The predicted molar refractivity (Wildman–Crippen MR) is 63.0 cm³/mol. The fourth-order valence-electron chi connectivity index (χ4n) is 1.95. The molecular weight excluding hydrogens is 198 g/mol. The summed E-state index contributed by atoms with van der Waals surface area (Å²) in [5, 5.41) is 3.42. The summed E-state index contributed by atoms with van der Waals surface area (Å²) in [6.45, 7) is 0. The van der Waals surface area contributed by atoms with Crippen LogP contribution in [0.15, 0.2) is 48.8 Å². The molecule has 1 aromatic carbocycles. The molecule has 3 heteroatoms. The van der Waals surface area contributed by atoms with Crippen molar-refractivity contribution in [2.75, 3.05) is 5.32 Å². The smallest absolute Gasteiger partial charge is 0.223 e. The van der Waals surface area contributed by atoms with E-state index in [4.69, 9.17) is 0 Å². The molecule has 2 aromatic rings. The third-order valence-electron chi connectivity index (χ3n) is 2.99. The van der Waals surface area contributed by atoms with Gasteiger partial charge in [-0.3, -0.25) is 0 Å². The second-order valence-corrected chi connectivity index (χ2v) is 4.15. The van der Waals surface area contributed by atoms with Crippen molar-refractivity contribution in [3.05, 3.63) is 54.4 Å². The van der Waals surface area contributed by atoms with Crippen molar-refractivity contribution in [1.82, 2.24) is 9.97 Å². The summed E-state index contributed by atoms with van der Waals surface area (Å²) in [5.41, 5.74) is 1.39. The summed E-state index contributed by atoms with van der Waals surface area (Å²) >= 11 is 0. The van der Waals surface area contributed by atoms with Crippen molar-refractivity contribution in [2.24, 2.45) is 0 Å². The first-order valence-corrected chi connectivity index (χ1v) is 5.50. The van der Waals surface area contributed by atoms with Crippen molar-refractivity contribution >= 4 is 5.95 Å². The molecule has 1 N–H and O–H groups in total. The fourth-order valence-corrected chi connectivity index (χ4v) is 1.95. The summed E-state index contributed by atoms with van der Waals surface area (Å²) < 4.78 is 0. The zero-order chi connectivity index (χ0) is 10.8. The van der Waals surface area contributed by atoms with Crippen LogP contribution in [0.3, 0.4) is 0 Å². The zero-order valence-electron chi connectivity index (χ0n) is 8.93. The molecule has 0 unspecified atom stereocenters. The predicted octanol–water partition coefficient (Wildman–Crippen LogP) is 2.58. The SMILES string of the molecule is c1ccc(C2(Nc3ncccn3)CC2)cc1. The van der Waals surface area contributed by atoms with Crippen LogP contribution in [-0.4, -0.2) is 9.97 Å². The van der Waals surface area contributed by atoms with Gasteiger partial charge in [0.2, 0.25) is 5.95 Å². The van der Waals surface area contributed by atoms with E-state index in [0.29, 0.717) is 5.95 Å². The van der Waals surface area contributed by atoms with E-state index in [9.17, 15) is 0 Å². The number of anilines is 1. The summed E-state index contributed by atoms with van der Waals surface area (Å²) in [4.78, 5) is 8.41. The first-order chi connectivity index (χ1) is 7.89. The Kier molecular flexibility index (Phi) is 2.10. The average molecular weight is 211 g/mol. The number of nitrogens with zero attached hydrogens (tertiary/aromatic N) is 2. The topological polar surface area (TPSA) is 37.8 Å². The fraction of sp³-hybridized carbons (Fsp3) is 0.231. The Morgan fingerprint density at radius 1 is 0.938 bits per heavy atom. The van der Waals surface area contributed by atoms with Crippen molar-refractivity contribution in [3.63, 3.8) is 0 Å². The molecule has 1 aliphatic rings. The van der Waals surface area contributed by atoms with Gasteiger partial charge in [-0.1, -0.05) is 30.3 Å². The Morgan fingerprint density at radius 3 is 2.25 bits per heavy atom. The summed E-state index contributed by atoms with van der Waals surface area (Å²) in [6, 6.07) is 12.3. The van der Waals surface area contributed by atoms with Gasteiger partial charge in [-0.25, -0.2) is 9.97 Å². The molecule has 0 radical (unpaired) electrons. The minimum absolute atomic E-state index is 0.0720. The Bertz CT molecular complexity index is 463. The van der Waals surface area contributed by atoms with Crippen LogP contribution in [-0.2, 0) is 5.54 Å². The lowest BCUT2D eigenvalue weighted by atomic mass is 10.1. The maximum atomic E-state index is 4.21. The highest BCUT2D eigenvalue weighted by Gasteiger charge is 2.44. The van der Waals surface area contributed by atoms with E-state index in [2.05, 4.69) is 39.6 Å². The van der Waals surface area contributed by atoms with E-state index in [0.717, 1.165) is 12.8 Å². The monoisotopic (exact) mass is 211 g/mol. The first-order valence-electron chi connectivity index (χ1n) is 5.50. The number of rotatable bonds is 3. The Morgan fingerprint density at radius 2 is 1.62 bits per heavy atom. The average Bonchev–Trinajstić information content (AvgIpc) is 3.13. The lowest BCUT2D eigenvalue weighted by Crippen LogP contribution is -2.20. The molecular formula is C13H13N3. The van der Waals surface area contributed by atoms with Crippen LogP contribution in [0.25, 0.3) is 0 Å². The van der Waals surface area contributed by atoms with Gasteiger partial charge in [0.15, 0.2) is 0 Å². The van der Waals surface area contributed by atoms with Gasteiger partial charge in [0, 0.05) is 12.4 Å². The molecule has 1 aromatic heterocycles. The second-order valence-electron chi connectivity index (χ2n) is 4.15. The zero-order valence-corrected chi connectivity index (χ0v) is 8.93. The van der Waals surface area contributed by atoms with Gasteiger partial charge in [0.25, 0.3) is 0 Å². The van der Waals surface area contributed by atoms with E-state index in [1.54, 1.807) is 12.4 Å². The van der Waals surface area contributed by atoms with Crippen LogP contribution in [0.2, 0.25) is 0 Å². The van der Waals surface area contributed by atoms with Gasteiger partial charge in [-0.2, -0.15) is 0 Å².